The molecule has 3 rings (SSSR count). The first-order valence-electron chi connectivity index (χ1n) is 7.98. The number of aromatic nitrogens is 2. The number of anilines is 3. The molecule has 1 aliphatic rings. The fourth-order valence-corrected chi connectivity index (χ4v) is 4.70. The molecule has 2 heterocycles. The van der Waals surface area contributed by atoms with Crippen molar-refractivity contribution in [2.75, 3.05) is 34.3 Å². The van der Waals surface area contributed by atoms with Gasteiger partial charge in [0.2, 0.25) is 16.0 Å². The van der Waals surface area contributed by atoms with E-state index in [1.165, 1.54) is 4.31 Å². The molecule has 25 heavy (non-hydrogen) atoms. The van der Waals surface area contributed by atoms with E-state index in [0.717, 1.165) is 10.0 Å². The summed E-state index contributed by atoms with van der Waals surface area (Å²) < 4.78 is 26.3. The van der Waals surface area contributed by atoms with Gasteiger partial charge in [-0.25, -0.2) is 13.4 Å². The molecular formula is C16H20BrN5O2S. The van der Waals surface area contributed by atoms with E-state index >= 15 is 0 Å². The van der Waals surface area contributed by atoms with E-state index < -0.39 is 10.0 Å². The summed E-state index contributed by atoms with van der Waals surface area (Å²) >= 11 is 3.38. The van der Waals surface area contributed by atoms with Gasteiger partial charge in [-0.15, -0.1) is 0 Å². The number of hydrogen-bond acceptors (Lipinski definition) is 6. The lowest BCUT2D eigenvalue weighted by molar-refractivity contribution is 0.599. The third-order valence-corrected chi connectivity index (χ3v) is 6.56. The Hall–Kier alpha value is -1.87. The van der Waals surface area contributed by atoms with Gasteiger partial charge in [-0.2, -0.15) is 4.98 Å². The molecule has 2 aromatic rings. The Balaban J connectivity index is 1.74. The van der Waals surface area contributed by atoms with Crippen molar-refractivity contribution in [3.63, 3.8) is 0 Å². The lowest BCUT2D eigenvalue weighted by Gasteiger charge is -2.19. The Kier molecular flexibility index (Phi) is 5.14. The Morgan fingerprint density at radius 2 is 2.00 bits per heavy atom. The molecule has 0 bridgehead atoms. The lowest BCUT2D eigenvalue weighted by Crippen LogP contribution is -2.25. The van der Waals surface area contributed by atoms with Gasteiger partial charge in [-0.1, -0.05) is 12.1 Å². The van der Waals surface area contributed by atoms with Crippen LogP contribution in [0.15, 0.2) is 34.9 Å². The predicted molar refractivity (Wildman–Crippen MR) is 104 cm³/mol. The highest BCUT2D eigenvalue weighted by molar-refractivity contribution is 9.10. The molecule has 0 spiro atoms. The van der Waals surface area contributed by atoms with Crippen molar-refractivity contribution in [2.24, 2.45) is 0 Å². The summed E-state index contributed by atoms with van der Waals surface area (Å²) in [6, 6.07) is 7.53. The maximum Gasteiger partial charge on any atom is 0.235 e. The summed E-state index contributed by atoms with van der Waals surface area (Å²) in [4.78, 5) is 8.64. The maximum atomic E-state index is 12.0. The van der Waals surface area contributed by atoms with Crippen molar-refractivity contribution in [1.29, 1.82) is 0 Å². The first kappa shape index (κ1) is 17.9. The minimum atomic E-state index is -3.15. The minimum absolute atomic E-state index is 0.0184. The van der Waals surface area contributed by atoms with Gasteiger partial charge < -0.3 is 10.6 Å². The second kappa shape index (κ2) is 7.17. The average Bonchev–Trinajstić information content (AvgIpc) is 2.96. The van der Waals surface area contributed by atoms with Crippen molar-refractivity contribution in [2.45, 2.75) is 19.4 Å². The third-order valence-electron chi connectivity index (χ3n) is 4.11. The van der Waals surface area contributed by atoms with Crippen LogP contribution in [0.1, 0.15) is 24.9 Å². The van der Waals surface area contributed by atoms with E-state index in [-0.39, 0.29) is 11.8 Å². The molecule has 0 amide bonds. The van der Waals surface area contributed by atoms with Crippen molar-refractivity contribution >= 4 is 43.4 Å². The molecule has 1 aromatic heterocycles. The SMILES string of the molecule is CNc1nc(NC(C)c2ccc(N3CCCS3(=O)=O)cc2)ncc1Br. The van der Waals surface area contributed by atoms with Crippen LogP contribution in [0.2, 0.25) is 0 Å². The summed E-state index contributed by atoms with van der Waals surface area (Å²) in [6.45, 7) is 2.56. The largest absolute Gasteiger partial charge is 0.372 e. The van der Waals surface area contributed by atoms with Crippen LogP contribution in [-0.2, 0) is 10.0 Å². The molecule has 1 aromatic carbocycles. The smallest absolute Gasteiger partial charge is 0.235 e. The summed E-state index contributed by atoms with van der Waals surface area (Å²) in [6.07, 6.45) is 2.37. The van der Waals surface area contributed by atoms with Crippen LogP contribution in [0, 0.1) is 0 Å². The Labute approximate surface area is 156 Å². The van der Waals surface area contributed by atoms with Crippen LogP contribution in [0.5, 0.6) is 0 Å². The standard InChI is InChI=1S/C16H20BrN5O2S/c1-11(20-16-19-10-14(17)15(18-2)21-16)12-4-6-13(7-5-12)22-8-3-9-25(22,23)24/h4-7,10-11H,3,8-9H2,1-2H3,(H2,18,19,20,21). The van der Waals surface area contributed by atoms with Crippen LogP contribution in [0.3, 0.4) is 0 Å². The summed E-state index contributed by atoms with van der Waals surface area (Å²) in [7, 11) is -1.35. The van der Waals surface area contributed by atoms with Crippen molar-refractivity contribution in [3.8, 4) is 0 Å². The average molecular weight is 426 g/mol. The Morgan fingerprint density at radius 1 is 1.28 bits per heavy atom. The summed E-state index contributed by atoms with van der Waals surface area (Å²) in [5.74, 6) is 1.45. The van der Waals surface area contributed by atoms with Crippen molar-refractivity contribution in [3.05, 3.63) is 40.5 Å². The molecule has 0 saturated carbocycles. The van der Waals surface area contributed by atoms with Gasteiger partial charge in [0.1, 0.15) is 5.82 Å². The number of nitrogens with zero attached hydrogens (tertiary/aromatic N) is 3. The van der Waals surface area contributed by atoms with Gasteiger partial charge in [0.05, 0.1) is 22.0 Å². The molecule has 9 heteroatoms. The number of hydrogen-bond donors (Lipinski definition) is 2. The predicted octanol–water partition coefficient (Wildman–Crippen LogP) is 2.99. The molecule has 2 N–H and O–H groups in total. The molecule has 1 fully saturated rings. The van der Waals surface area contributed by atoms with Crippen LogP contribution >= 0.6 is 15.9 Å². The van der Waals surface area contributed by atoms with E-state index in [2.05, 4.69) is 36.5 Å². The molecule has 1 aliphatic heterocycles. The molecule has 1 saturated heterocycles. The Morgan fingerprint density at radius 3 is 2.60 bits per heavy atom. The van der Waals surface area contributed by atoms with E-state index in [4.69, 9.17) is 0 Å². The molecule has 0 radical (unpaired) electrons. The second-order valence-corrected chi connectivity index (χ2v) is 8.71. The quantitative estimate of drug-likeness (QED) is 0.765. The molecule has 7 nitrogen and oxygen atoms in total. The van der Waals surface area contributed by atoms with E-state index in [0.29, 0.717) is 30.4 Å². The van der Waals surface area contributed by atoms with E-state index in [1.807, 2.05) is 31.2 Å². The molecule has 1 unspecified atom stereocenters. The molecular weight excluding hydrogens is 406 g/mol. The minimum Gasteiger partial charge on any atom is -0.372 e. The van der Waals surface area contributed by atoms with Gasteiger partial charge in [-0.3, -0.25) is 4.31 Å². The highest BCUT2D eigenvalue weighted by Crippen LogP contribution is 2.27. The first-order valence-corrected chi connectivity index (χ1v) is 10.4. The topological polar surface area (TPSA) is 87.2 Å². The number of sulfonamides is 1. The van der Waals surface area contributed by atoms with Gasteiger partial charge in [0.25, 0.3) is 0 Å². The first-order chi connectivity index (χ1) is 11.9. The van der Waals surface area contributed by atoms with Crippen LogP contribution in [0.4, 0.5) is 17.5 Å². The van der Waals surface area contributed by atoms with Crippen molar-refractivity contribution < 1.29 is 8.42 Å². The number of benzene rings is 1. The summed E-state index contributed by atoms with van der Waals surface area (Å²) in [5, 5.41) is 6.25. The monoisotopic (exact) mass is 425 g/mol. The fraction of sp³-hybridized carbons (Fsp3) is 0.375. The van der Waals surface area contributed by atoms with E-state index in [9.17, 15) is 8.42 Å². The van der Waals surface area contributed by atoms with Crippen LogP contribution < -0.4 is 14.9 Å². The van der Waals surface area contributed by atoms with Gasteiger partial charge >= 0.3 is 0 Å². The zero-order valence-electron chi connectivity index (χ0n) is 14.0. The zero-order valence-corrected chi connectivity index (χ0v) is 16.4. The highest BCUT2D eigenvalue weighted by atomic mass is 79.9. The molecule has 134 valence electrons. The van der Waals surface area contributed by atoms with E-state index in [1.54, 1.807) is 13.2 Å². The third kappa shape index (κ3) is 3.87. The van der Waals surface area contributed by atoms with Crippen molar-refractivity contribution in [1.82, 2.24) is 9.97 Å². The second-order valence-electron chi connectivity index (χ2n) is 5.84. The zero-order chi connectivity index (χ0) is 18.0. The molecule has 1 atom stereocenters. The van der Waals surface area contributed by atoms with Crippen LogP contribution in [-0.4, -0.2) is 37.7 Å². The normalized spacial score (nSPS) is 17.3. The maximum absolute atomic E-state index is 12.0. The van der Waals surface area contributed by atoms with Crippen LogP contribution in [0.25, 0.3) is 0 Å². The summed E-state index contributed by atoms with van der Waals surface area (Å²) in [5.41, 5.74) is 1.74. The van der Waals surface area contributed by atoms with Gasteiger partial charge in [-0.05, 0) is 47.0 Å². The van der Waals surface area contributed by atoms with Gasteiger partial charge in [0, 0.05) is 19.8 Å². The van der Waals surface area contributed by atoms with Gasteiger partial charge in [0.15, 0.2) is 0 Å². The highest BCUT2D eigenvalue weighted by Gasteiger charge is 2.28. The number of rotatable bonds is 5. The fourth-order valence-electron chi connectivity index (χ4n) is 2.75. The Bertz CT molecular complexity index is 857. The number of nitrogens with one attached hydrogen (secondary N) is 2. The molecule has 0 aliphatic carbocycles. The number of halogens is 1. The lowest BCUT2D eigenvalue weighted by atomic mass is 10.1.